The molecule has 0 saturated heterocycles. The molecule has 21 heavy (non-hydrogen) atoms. The Morgan fingerprint density at radius 2 is 2.29 bits per heavy atom. The molecule has 0 saturated carbocycles. The standard InChI is InChI=1S/C15H14FN3O2/c1-10-7-14(19-21-10)15(20)18-9-12-8-11(3-2-6-17)4-5-13(12)16/h4-5,7-8H,6,9,17H2,1H3,(H,18,20). The Morgan fingerprint density at radius 3 is 2.95 bits per heavy atom. The van der Waals surface area contributed by atoms with Crippen LogP contribution in [-0.2, 0) is 6.54 Å². The molecule has 1 heterocycles. The molecule has 2 aromatic rings. The number of hydrogen-bond acceptors (Lipinski definition) is 4. The third kappa shape index (κ3) is 3.91. The van der Waals surface area contributed by atoms with Gasteiger partial charge in [0.25, 0.3) is 5.91 Å². The number of nitrogens with one attached hydrogen (secondary N) is 1. The van der Waals surface area contributed by atoms with Gasteiger partial charge in [-0.1, -0.05) is 17.0 Å². The third-order valence-electron chi connectivity index (χ3n) is 2.68. The van der Waals surface area contributed by atoms with Crippen molar-refractivity contribution in [1.29, 1.82) is 0 Å². The highest BCUT2D eigenvalue weighted by molar-refractivity contribution is 5.92. The van der Waals surface area contributed by atoms with Crippen molar-refractivity contribution in [3.05, 3.63) is 52.7 Å². The Bertz CT molecular complexity index is 713. The first-order valence-electron chi connectivity index (χ1n) is 6.29. The minimum Gasteiger partial charge on any atom is -0.361 e. The highest BCUT2D eigenvalue weighted by atomic mass is 19.1. The highest BCUT2D eigenvalue weighted by Gasteiger charge is 2.11. The van der Waals surface area contributed by atoms with Crippen LogP contribution in [0.25, 0.3) is 0 Å². The summed E-state index contributed by atoms with van der Waals surface area (Å²) in [5.41, 5.74) is 6.43. The Hall–Kier alpha value is -2.65. The number of aryl methyl sites for hydroxylation is 1. The fraction of sp³-hybridized carbons (Fsp3) is 0.200. The van der Waals surface area contributed by atoms with Crippen molar-refractivity contribution < 1.29 is 13.7 Å². The fourth-order valence-electron chi connectivity index (χ4n) is 1.68. The van der Waals surface area contributed by atoms with Gasteiger partial charge in [0, 0.05) is 23.7 Å². The van der Waals surface area contributed by atoms with Gasteiger partial charge in [0.1, 0.15) is 11.6 Å². The van der Waals surface area contributed by atoms with Gasteiger partial charge >= 0.3 is 0 Å². The van der Waals surface area contributed by atoms with Gasteiger partial charge in [-0.25, -0.2) is 4.39 Å². The Labute approximate surface area is 121 Å². The Morgan fingerprint density at radius 1 is 1.48 bits per heavy atom. The minimum atomic E-state index is -0.426. The smallest absolute Gasteiger partial charge is 0.273 e. The molecule has 1 amide bonds. The van der Waals surface area contributed by atoms with Crippen LogP contribution in [0, 0.1) is 24.6 Å². The van der Waals surface area contributed by atoms with Crippen molar-refractivity contribution in [2.75, 3.05) is 6.54 Å². The zero-order chi connectivity index (χ0) is 15.2. The molecule has 1 aromatic heterocycles. The molecule has 0 bridgehead atoms. The van der Waals surface area contributed by atoms with Crippen molar-refractivity contribution in [1.82, 2.24) is 10.5 Å². The normalized spacial score (nSPS) is 9.86. The van der Waals surface area contributed by atoms with E-state index in [0.29, 0.717) is 16.9 Å². The van der Waals surface area contributed by atoms with E-state index in [-0.39, 0.29) is 18.8 Å². The van der Waals surface area contributed by atoms with E-state index < -0.39 is 11.7 Å². The highest BCUT2D eigenvalue weighted by Crippen LogP contribution is 2.10. The van der Waals surface area contributed by atoms with Crippen molar-refractivity contribution in [2.45, 2.75) is 13.5 Å². The van der Waals surface area contributed by atoms with Crippen LogP contribution < -0.4 is 11.1 Å². The van der Waals surface area contributed by atoms with Gasteiger partial charge in [0.05, 0.1) is 6.54 Å². The number of aromatic nitrogens is 1. The number of carbonyl (C=O) groups is 1. The lowest BCUT2D eigenvalue weighted by atomic mass is 10.1. The molecule has 0 fully saturated rings. The number of nitrogens with two attached hydrogens (primary N) is 1. The summed E-state index contributed by atoms with van der Waals surface area (Å²) in [5, 5.41) is 6.17. The molecule has 3 N–H and O–H groups in total. The summed E-state index contributed by atoms with van der Waals surface area (Å²) in [4.78, 5) is 11.8. The molecule has 0 spiro atoms. The van der Waals surface area contributed by atoms with Crippen LogP contribution in [0.5, 0.6) is 0 Å². The number of amides is 1. The molecule has 0 aliphatic carbocycles. The maximum Gasteiger partial charge on any atom is 0.273 e. The van der Waals surface area contributed by atoms with Crippen LogP contribution in [0.15, 0.2) is 28.8 Å². The van der Waals surface area contributed by atoms with Gasteiger partial charge in [0.15, 0.2) is 5.69 Å². The maximum atomic E-state index is 13.7. The molecule has 0 unspecified atom stereocenters. The lowest BCUT2D eigenvalue weighted by molar-refractivity contribution is 0.0941. The van der Waals surface area contributed by atoms with Gasteiger partial charge in [-0.2, -0.15) is 0 Å². The van der Waals surface area contributed by atoms with E-state index in [1.165, 1.54) is 12.1 Å². The average molecular weight is 287 g/mol. The number of carbonyl (C=O) groups excluding carboxylic acids is 1. The van der Waals surface area contributed by atoms with Gasteiger partial charge in [0.2, 0.25) is 0 Å². The van der Waals surface area contributed by atoms with E-state index in [9.17, 15) is 9.18 Å². The van der Waals surface area contributed by atoms with E-state index in [4.69, 9.17) is 10.3 Å². The van der Waals surface area contributed by atoms with Gasteiger partial charge in [-0.05, 0) is 25.1 Å². The fourth-order valence-corrected chi connectivity index (χ4v) is 1.68. The number of nitrogens with zero attached hydrogens (tertiary/aromatic N) is 1. The molecule has 2 rings (SSSR count). The second-order valence-corrected chi connectivity index (χ2v) is 4.32. The first kappa shape index (κ1) is 14.8. The maximum absolute atomic E-state index is 13.7. The third-order valence-corrected chi connectivity index (χ3v) is 2.68. The predicted octanol–water partition coefficient (Wildman–Crippen LogP) is 1.36. The van der Waals surface area contributed by atoms with Crippen LogP contribution in [0.2, 0.25) is 0 Å². The van der Waals surface area contributed by atoms with E-state index in [1.54, 1.807) is 19.1 Å². The SMILES string of the molecule is Cc1cc(C(=O)NCc2cc(C#CCN)ccc2F)no1. The number of benzene rings is 1. The lowest BCUT2D eigenvalue weighted by Crippen LogP contribution is -2.23. The molecule has 0 aliphatic heterocycles. The lowest BCUT2D eigenvalue weighted by Gasteiger charge is -2.05. The molecule has 0 radical (unpaired) electrons. The summed E-state index contributed by atoms with van der Waals surface area (Å²) < 4.78 is 18.5. The van der Waals surface area contributed by atoms with E-state index in [0.717, 1.165) is 0 Å². The summed E-state index contributed by atoms with van der Waals surface area (Å²) in [5.74, 6) is 5.20. The van der Waals surface area contributed by atoms with E-state index in [1.807, 2.05) is 0 Å². The molecule has 0 atom stereocenters. The topological polar surface area (TPSA) is 81.2 Å². The molecule has 6 heteroatoms. The zero-order valence-electron chi connectivity index (χ0n) is 11.4. The Balaban J connectivity index is 2.07. The van der Waals surface area contributed by atoms with Crippen LogP contribution >= 0.6 is 0 Å². The average Bonchev–Trinajstić information content (AvgIpc) is 2.91. The van der Waals surface area contributed by atoms with Crippen LogP contribution in [0.4, 0.5) is 4.39 Å². The minimum absolute atomic E-state index is 0.0364. The summed E-state index contributed by atoms with van der Waals surface area (Å²) >= 11 is 0. The second kappa shape index (κ2) is 6.68. The largest absolute Gasteiger partial charge is 0.361 e. The van der Waals surface area contributed by atoms with Crippen molar-refractivity contribution >= 4 is 5.91 Å². The predicted molar refractivity (Wildman–Crippen MR) is 74.7 cm³/mol. The molecule has 5 nitrogen and oxygen atoms in total. The molecule has 1 aromatic carbocycles. The monoisotopic (exact) mass is 287 g/mol. The van der Waals surface area contributed by atoms with Gasteiger partial charge in [-0.15, -0.1) is 0 Å². The van der Waals surface area contributed by atoms with Gasteiger partial charge < -0.3 is 15.6 Å². The number of halogens is 1. The molecular weight excluding hydrogens is 273 g/mol. The molecular formula is C15H14FN3O2. The van der Waals surface area contributed by atoms with E-state index in [2.05, 4.69) is 22.3 Å². The van der Waals surface area contributed by atoms with Crippen molar-refractivity contribution in [2.24, 2.45) is 5.73 Å². The van der Waals surface area contributed by atoms with Crippen molar-refractivity contribution in [3.8, 4) is 11.8 Å². The van der Waals surface area contributed by atoms with Crippen molar-refractivity contribution in [3.63, 3.8) is 0 Å². The van der Waals surface area contributed by atoms with E-state index >= 15 is 0 Å². The second-order valence-electron chi connectivity index (χ2n) is 4.32. The number of hydrogen-bond donors (Lipinski definition) is 2. The quantitative estimate of drug-likeness (QED) is 0.835. The summed E-state index contributed by atoms with van der Waals surface area (Å²) in [6.07, 6.45) is 0. The molecule has 108 valence electrons. The summed E-state index contributed by atoms with van der Waals surface area (Å²) in [7, 11) is 0. The molecule has 0 aliphatic rings. The Kier molecular flexibility index (Phi) is 4.69. The van der Waals surface area contributed by atoms with Gasteiger partial charge in [-0.3, -0.25) is 4.79 Å². The zero-order valence-corrected chi connectivity index (χ0v) is 11.4. The van der Waals surface area contributed by atoms with Crippen LogP contribution in [0.3, 0.4) is 0 Å². The summed E-state index contributed by atoms with van der Waals surface area (Å²) in [6.45, 7) is 1.95. The first-order chi connectivity index (χ1) is 10.1. The first-order valence-corrected chi connectivity index (χ1v) is 6.29. The summed E-state index contributed by atoms with van der Waals surface area (Å²) in [6, 6.07) is 5.95. The number of rotatable bonds is 3. The van der Waals surface area contributed by atoms with Crippen LogP contribution in [-0.4, -0.2) is 17.6 Å². The van der Waals surface area contributed by atoms with Crippen LogP contribution in [0.1, 0.15) is 27.4 Å².